The zero-order valence-electron chi connectivity index (χ0n) is 35.6. The van der Waals surface area contributed by atoms with Crippen LogP contribution in [0, 0.1) is 5.92 Å². The largest absolute Gasteiger partial charge is 0.430 e. The van der Waals surface area contributed by atoms with E-state index in [4.69, 9.17) is 4.74 Å². The van der Waals surface area contributed by atoms with Crippen LogP contribution in [-0.4, -0.2) is 5.97 Å². The summed E-state index contributed by atoms with van der Waals surface area (Å²) in [4.78, 5) is 12.0. The molecule has 1 aliphatic heterocycles. The fourth-order valence-corrected chi connectivity index (χ4v) is 7.76. The van der Waals surface area contributed by atoms with Gasteiger partial charge in [-0.2, -0.15) is 0 Å². The minimum Gasteiger partial charge on any atom is -0.430 e. The Hall–Kier alpha value is -1.31. The van der Waals surface area contributed by atoms with Crippen molar-refractivity contribution in [1.82, 2.24) is 0 Å². The van der Waals surface area contributed by atoms with E-state index >= 15 is 0 Å². The van der Waals surface area contributed by atoms with Gasteiger partial charge in [0, 0.05) is 0 Å². The van der Waals surface area contributed by atoms with Crippen LogP contribution >= 0.6 is 0 Å². The van der Waals surface area contributed by atoms with Crippen molar-refractivity contribution in [2.75, 3.05) is 0 Å². The molecule has 1 fully saturated rings. The molecule has 0 N–H and O–H groups in total. The third kappa shape index (κ3) is 33.3. The van der Waals surface area contributed by atoms with Gasteiger partial charge in [-0.1, -0.05) is 224 Å². The Balaban J connectivity index is 1.81. The van der Waals surface area contributed by atoms with Gasteiger partial charge in [0.15, 0.2) is 0 Å². The molecule has 0 aromatic carbocycles. The summed E-state index contributed by atoms with van der Waals surface area (Å²) in [6.45, 7) is 4.59. The number of carbonyl (C=O) groups excluding carboxylic acids is 1. The predicted molar refractivity (Wildman–Crippen MR) is 232 cm³/mol. The Bertz CT molecular complexity index is 822. The number of cyclic esters (lactones) is 1. The van der Waals surface area contributed by atoms with E-state index in [1.807, 2.05) is 0 Å². The first kappa shape index (κ1) is 48.7. The zero-order valence-corrected chi connectivity index (χ0v) is 35.6. The van der Waals surface area contributed by atoms with E-state index in [0.717, 1.165) is 18.6 Å². The van der Waals surface area contributed by atoms with Crippen LogP contribution in [0.1, 0.15) is 271 Å². The molecule has 0 aliphatic carbocycles. The highest BCUT2D eigenvalue weighted by Gasteiger charge is 2.36. The van der Waals surface area contributed by atoms with E-state index in [-0.39, 0.29) is 11.9 Å². The molecular formula is C50H92O2. The van der Waals surface area contributed by atoms with E-state index in [2.05, 4.69) is 44.2 Å². The van der Waals surface area contributed by atoms with Crippen molar-refractivity contribution in [3.63, 3.8) is 0 Å². The minimum atomic E-state index is 0.0177. The maximum absolute atomic E-state index is 12.0. The lowest BCUT2D eigenvalue weighted by atomic mass is 9.93. The lowest BCUT2D eigenvalue weighted by Crippen LogP contribution is -2.32. The molecule has 0 saturated carbocycles. The first-order valence-corrected chi connectivity index (χ1v) is 24.0. The summed E-state index contributed by atoms with van der Waals surface area (Å²) in [5, 5.41) is 0. The molecule has 1 unspecified atom stereocenters. The molecule has 1 saturated heterocycles. The summed E-state index contributed by atoms with van der Waals surface area (Å²) in [6.07, 6.45) is 66.1. The van der Waals surface area contributed by atoms with Gasteiger partial charge < -0.3 is 4.74 Å². The van der Waals surface area contributed by atoms with E-state index in [1.165, 1.54) is 244 Å². The Kier molecular flexibility index (Phi) is 38.3. The monoisotopic (exact) mass is 725 g/mol. The van der Waals surface area contributed by atoms with Gasteiger partial charge in [0.25, 0.3) is 0 Å². The summed E-state index contributed by atoms with van der Waals surface area (Å²) in [5.41, 5.74) is 0. The van der Waals surface area contributed by atoms with Crippen molar-refractivity contribution < 1.29 is 9.53 Å². The number of allylic oxidation sites excluding steroid dienone is 5. The fourth-order valence-electron chi connectivity index (χ4n) is 7.76. The zero-order chi connectivity index (χ0) is 37.3. The Labute approximate surface area is 327 Å². The molecule has 0 aromatic heterocycles. The van der Waals surface area contributed by atoms with Crippen LogP contribution in [0.3, 0.4) is 0 Å². The van der Waals surface area contributed by atoms with Crippen LogP contribution in [0.15, 0.2) is 36.1 Å². The van der Waals surface area contributed by atoms with Crippen LogP contribution in [-0.2, 0) is 9.53 Å². The summed E-state index contributed by atoms with van der Waals surface area (Å²) in [6, 6.07) is 0. The van der Waals surface area contributed by atoms with Crippen LogP contribution in [0.5, 0.6) is 0 Å². The molecule has 1 atom stereocenters. The number of esters is 1. The molecule has 2 nitrogen and oxygen atoms in total. The smallest absolute Gasteiger partial charge is 0.321 e. The highest BCUT2D eigenvalue weighted by Crippen LogP contribution is 2.32. The molecule has 0 aromatic rings. The Morgan fingerprint density at radius 2 is 0.635 bits per heavy atom. The Morgan fingerprint density at radius 3 is 0.942 bits per heavy atom. The molecule has 1 aliphatic rings. The molecule has 304 valence electrons. The molecule has 52 heavy (non-hydrogen) atoms. The molecule has 0 spiro atoms. The van der Waals surface area contributed by atoms with Gasteiger partial charge in [0.1, 0.15) is 11.7 Å². The van der Waals surface area contributed by atoms with E-state index in [1.54, 1.807) is 0 Å². The summed E-state index contributed by atoms with van der Waals surface area (Å²) < 4.78 is 5.41. The van der Waals surface area contributed by atoms with Crippen molar-refractivity contribution in [3.05, 3.63) is 36.1 Å². The number of rotatable bonds is 42. The van der Waals surface area contributed by atoms with E-state index in [9.17, 15) is 4.79 Å². The molecule has 2 heteroatoms. The first-order valence-electron chi connectivity index (χ1n) is 24.0. The molecule has 0 bridgehead atoms. The third-order valence-electron chi connectivity index (χ3n) is 11.4. The predicted octanol–water partition coefficient (Wildman–Crippen LogP) is 17.8. The normalized spacial score (nSPS) is 15.4. The summed E-state index contributed by atoms with van der Waals surface area (Å²) in [5.74, 6) is 1.07. The molecule has 1 heterocycles. The maximum Gasteiger partial charge on any atom is 0.321 e. The molecular weight excluding hydrogens is 633 g/mol. The number of hydrogen-bond donors (Lipinski definition) is 0. The summed E-state index contributed by atoms with van der Waals surface area (Å²) >= 11 is 0. The highest BCUT2D eigenvalue weighted by molar-refractivity contribution is 5.82. The minimum absolute atomic E-state index is 0.0177. The topological polar surface area (TPSA) is 26.3 Å². The van der Waals surface area contributed by atoms with Crippen LogP contribution in [0.2, 0.25) is 0 Å². The van der Waals surface area contributed by atoms with Gasteiger partial charge >= 0.3 is 5.97 Å². The molecule has 0 amide bonds. The lowest BCUT2D eigenvalue weighted by molar-refractivity contribution is -0.157. The number of hydrogen-bond acceptors (Lipinski definition) is 2. The van der Waals surface area contributed by atoms with Crippen molar-refractivity contribution >= 4 is 5.97 Å². The van der Waals surface area contributed by atoms with Gasteiger partial charge in [-0.3, -0.25) is 4.79 Å². The van der Waals surface area contributed by atoms with Gasteiger partial charge in [0.05, 0.1) is 0 Å². The van der Waals surface area contributed by atoms with Crippen LogP contribution in [0.4, 0.5) is 0 Å². The number of ether oxygens (including phenoxy) is 1. The Morgan fingerprint density at radius 1 is 0.365 bits per heavy atom. The van der Waals surface area contributed by atoms with Gasteiger partial charge in [-0.15, -0.1) is 0 Å². The second-order valence-electron chi connectivity index (χ2n) is 16.6. The van der Waals surface area contributed by atoms with Crippen molar-refractivity contribution in [1.29, 1.82) is 0 Å². The van der Waals surface area contributed by atoms with E-state index < -0.39 is 0 Å². The summed E-state index contributed by atoms with van der Waals surface area (Å²) in [7, 11) is 0. The fraction of sp³-hybridized carbons (Fsp3) is 0.860. The van der Waals surface area contributed by atoms with Crippen LogP contribution < -0.4 is 0 Å². The lowest BCUT2D eigenvalue weighted by Gasteiger charge is -2.28. The second kappa shape index (κ2) is 40.9. The van der Waals surface area contributed by atoms with Gasteiger partial charge in [0.2, 0.25) is 0 Å². The average Bonchev–Trinajstić information content (AvgIpc) is 3.15. The maximum atomic E-state index is 12.0. The van der Waals surface area contributed by atoms with Gasteiger partial charge in [-0.05, 0) is 76.7 Å². The van der Waals surface area contributed by atoms with Crippen molar-refractivity contribution in [2.45, 2.75) is 271 Å². The average molecular weight is 725 g/mol. The standard InChI is InChI=1S/C50H92O2/c1-3-5-7-9-11-13-15-17-19-21-23-25-27-29-31-33-35-37-39-41-43-45-47-49-48(50(51)52-49)46-44-42-40-38-36-34-32-30-28-26-24-22-20-18-16-14-12-10-8-6-4-2/h21-24,47-48H,3-20,25-46H2,1-2H3/b23-21+,24-22+,49-47+. The quantitative estimate of drug-likeness (QED) is 0.0356. The van der Waals surface area contributed by atoms with E-state index in [0.29, 0.717) is 0 Å². The number of unbranched alkanes of at least 4 members (excludes halogenated alkanes) is 35. The third-order valence-corrected chi connectivity index (χ3v) is 11.4. The molecule has 0 radical (unpaired) electrons. The van der Waals surface area contributed by atoms with Crippen molar-refractivity contribution in [2.24, 2.45) is 5.92 Å². The van der Waals surface area contributed by atoms with Crippen LogP contribution in [0.25, 0.3) is 0 Å². The highest BCUT2D eigenvalue weighted by atomic mass is 16.6. The van der Waals surface area contributed by atoms with Gasteiger partial charge in [-0.25, -0.2) is 0 Å². The second-order valence-corrected chi connectivity index (χ2v) is 16.6. The number of carbonyl (C=O) groups is 1. The first-order chi connectivity index (χ1) is 25.8. The SMILES string of the molecule is CCCCCCCCCC/C=C/CCCCCCCCCCC/C=C1/OC(=O)C1CCCCCCCCCCC/C=C/CCCCCCCCCC. The van der Waals surface area contributed by atoms with Crippen molar-refractivity contribution in [3.8, 4) is 0 Å². The molecule has 1 rings (SSSR count).